The molecule has 0 bridgehead atoms. The Labute approximate surface area is 172 Å². The molecule has 1 aromatic heterocycles. The van der Waals surface area contributed by atoms with E-state index in [4.69, 9.17) is 4.74 Å². The van der Waals surface area contributed by atoms with Gasteiger partial charge in [-0.05, 0) is 47.1 Å². The zero-order chi connectivity index (χ0) is 20.0. The van der Waals surface area contributed by atoms with Crippen LogP contribution in [0.15, 0.2) is 48.5 Å². The van der Waals surface area contributed by atoms with Crippen molar-refractivity contribution in [1.82, 2.24) is 0 Å². The fourth-order valence-corrected chi connectivity index (χ4v) is 5.71. The third-order valence-electron chi connectivity index (χ3n) is 5.69. The molecule has 2 aromatic carbocycles. The summed E-state index contributed by atoms with van der Waals surface area (Å²) >= 11 is 1.35. The molecular weight excluding hydrogens is 386 g/mol. The maximum Gasteiger partial charge on any atom is 0.412 e. The number of anilines is 1. The number of rotatable bonds is 4. The van der Waals surface area contributed by atoms with E-state index >= 15 is 0 Å². The van der Waals surface area contributed by atoms with Crippen LogP contribution in [0.3, 0.4) is 0 Å². The number of amides is 1. The molecular formula is C23H19NO4S. The molecule has 0 aliphatic heterocycles. The van der Waals surface area contributed by atoms with E-state index in [0.29, 0.717) is 5.00 Å². The summed E-state index contributed by atoms with van der Waals surface area (Å²) in [6, 6.07) is 16.3. The Hall–Kier alpha value is -3.12. The number of thiophene rings is 1. The molecule has 5 rings (SSSR count). The fourth-order valence-electron chi connectivity index (χ4n) is 4.45. The quantitative estimate of drug-likeness (QED) is 0.618. The van der Waals surface area contributed by atoms with Gasteiger partial charge in [0.1, 0.15) is 11.6 Å². The number of carbonyl (C=O) groups is 2. The third kappa shape index (κ3) is 3.00. The molecule has 2 N–H and O–H groups in total. The first-order chi connectivity index (χ1) is 14.1. The standard InChI is InChI=1S/C23H19NO4S/c25-22(26)20-17-10-5-11-19(17)29-21(20)24-23(27)28-12-18-15-8-3-1-6-13(15)14-7-2-4-9-16(14)18/h1-4,6-9,18H,5,10-12H2,(H,24,27)(H,25,26). The molecule has 0 spiro atoms. The number of nitrogens with one attached hydrogen (secondary N) is 1. The van der Waals surface area contributed by atoms with E-state index in [9.17, 15) is 14.7 Å². The number of carboxylic acid groups (broad SMARTS) is 1. The normalized spacial score (nSPS) is 14.2. The molecule has 0 unspecified atom stereocenters. The van der Waals surface area contributed by atoms with Gasteiger partial charge in [0.15, 0.2) is 0 Å². The Balaban J connectivity index is 1.34. The van der Waals surface area contributed by atoms with Crippen molar-refractivity contribution >= 4 is 28.4 Å². The third-order valence-corrected chi connectivity index (χ3v) is 6.90. The van der Waals surface area contributed by atoms with Crippen molar-refractivity contribution in [1.29, 1.82) is 0 Å². The molecule has 0 radical (unpaired) electrons. The minimum Gasteiger partial charge on any atom is -0.478 e. The van der Waals surface area contributed by atoms with Gasteiger partial charge >= 0.3 is 12.1 Å². The Bertz CT molecular complexity index is 1090. The van der Waals surface area contributed by atoms with Gasteiger partial charge in [-0.1, -0.05) is 48.5 Å². The first-order valence-electron chi connectivity index (χ1n) is 9.63. The van der Waals surface area contributed by atoms with E-state index in [0.717, 1.165) is 40.8 Å². The molecule has 29 heavy (non-hydrogen) atoms. The Morgan fingerprint density at radius 1 is 1.03 bits per heavy atom. The SMILES string of the molecule is O=C(Nc1sc2c(c1C(=O)O)CCC2)OCC1c2ccccc2-c2ccccc21. The first-order valence-corrected chi connectivity index (χ1v) is 10.4. The molecule has 2 aliphatic carbocycles. The van der Waals surface area contributed by atoms with E-state index < -0.39 is 12.1 Å². The van der Waals surface area contributed by atoms with E-state index in [-0.39, 0.29) is 18.1 Å². The van der Waals surface area contributed by atoms with Crippen LogP contribution in [0.4, 0.5) is 9.80 Å². The van der Waals surface area contributed by atoms with Gasteiger partial charge in [-0.25, -0.2) is 9.59 Å². The molecule has 1 amide bonds. The predicted octanol–water partition coefficient (Wildman–Crippen LogP) is 5.30. The van der Waals surface area contributed by atoms with Crippen LogP contribution in [-0.2, 0) is 17.6 Å². The first kappa shape index (κ1) is 17.9. The molecule has 146 valence electrons. The van der Waals surface area contributed by atoms with Crippen molar-refractivity contribution in [2.75, 3.05) is 11.9 Å². The average Bonchev–Trinajstić information content (AvgIpc) is 3.37. The number of carboxylic acids is 1. The minimum absolute atomic E-state index is 0.0274. The zero-order valence-corrected chi connectivity index (χ0v) is 16.4. The molecule has 0 atom stereocenters. The molecule has 3 aromatic rings. The van der Waals surface area contributed by atoms with Crippen molar-refractivity contribution in [3.63, 3.8) is 0 Å². The number of fused-ring (bicyclic) bond motifs is 4. The Morgan fingerprint density at radius 2 is 1.69 bits per heavy atom. The molecule has 2 aliphatic rings. The van der Waals surface area contributed by atoms with Crippen LogP contribution in [0.25, 0.3) is 11.1 Å². The highest BCUT2D eigenvalue weighted by Gasteiger charge is 2.30. The van der Waals surface area contributed by atoms with E-state index in [2.05, 4.69) is 29.6 Å². The fraction of sp³-hybridized carbons (Fsp3) is 0.217. The summed E-state index contributed by atoms with van der Waals surface area (Å²) < 4.78 is 5.54. The smallest absolute Gasteiger partial charge is 0.412 e. The van der Waals surface area contributed by atoms with Gasteiger partial charge in [-0.15, -0.1) is 11.3 Å². The number of carbonyl (C=O) groups excluding carboxylic acids is 1. The molecule has 0 fully saturated rings. The largest absolute Gasteiger partial charge is 0.478 e. The van der Waals surface area contributed by atoms with E-state index in [1.807, 2.05) is 24.3 Å². The summed E-state index contributed by atoms with van der Waals surface area (Å²) in [5.41, 5.74) is 5.69. The van der Waals surface area contributed by atoms with Crippen molar-refractivity contribution in [3.8, 4) is 11.1 Å². The van der Waals surface area contributed by atoms with Gasteiger partial charge < -0.3 is 9.84 Å². The molecule has 6 heteroatoms. The maximum absolute atomic E-state index is 12.5. The second kappa shape index (κ2) is 7.04. The lowest BCUT2D eigenvalue weighted by atomic mass is 9.98. The highest BCUT2D eigenvalue weighted by molar-refractivity contribution is 7.17. The number of hydrogen-bond acceptors (Lipinski definition) is 4. The Kier molecular flexibility index (Phi) is 4.36. The van der Waals surface area contributed by atoms with Crippen molar-refractivity contribution in [3.05, 3.63) is 75.7 Å². The van der Waals surface area contributed by atoms with Crippen molar-refractivity contribution in [2.24, 2.45) is 0 Å². The van der Waals surface area contributed by atoms with Crippen LogP contribution in [-0.4, -0.2) is 23.8 Å². The molecule has 1 heterocycles. The van der Waals surface area contributed by atoms with Gasteiger partial charge in [-0.3, -0.25) is 5.32 Å². The van der Waals surface area contributed by atoms with Crippen LogP contribution >= 0.6 is 11.3 Å². The number of aryl methyl sites for hydroxylation is 1. The number of ether oxygens (including phenoxy) is 1. The number of aromatic carboxylic acids is 1. The van der Waals surface area contributed by atoms with Gasteiger partial charge in [0.2, 0.25) is 0 Å². The van der Waals surface area contributed by atoms with Crippen molar-refractivity contribution in [2.45, 2.75) is 25.2 Å². The topological polar surface area (TPSA) is 75.6 Å². The summed E-state index contributed by atoms with van der Waals surface area (Å²) in [7, 11) is 0. The van der Waals surface area contributed by atoms with Gasteiger partial charge in [-0.2, -0.15) is 0 Å². The van der Waals surface area contributed by atoms with E-state index in [1.165, 1.54) is 22.5 Å². The highest BCUT2D eigenvalue weighted by Crippen LogP contribution is 2.44. The monoisotopic (exact) mass is 405 g/mol. The summed E-state index contributed by atoms with van der Waals surface area (Å²) in [6.07, 6.45) is 1.97. The molecule has 5 nitrogen and oxygen atoms in total. The summed E-state index contributed by atoms with van der Waals surface area (Å²) in [6.45, 7) is 0.202. The lowest BCUT2D eigenvalue weighted by Crippen LogP contribution is -2.18. The van der Waals surface area contributed by atoms with Gasteiger partial charge in [0.05, 0.1) is 5.56 Å². The lowest BCUT2D eigenvalue weighted by molar-refractivity contribution is 0.0697. The second-order valence-corrected chi connectivity index (χ2v) is 8.42. The summed E-state index contributed by atoms with van der Waals surface area (Å²) in [5.74, 6) is -1.03. The summed E-state index contributed by atoms with van der Waals surface area (Å²) in [4.78, 5) is 25.2. The maximum atomic E-state index is 12.5. The number of hydrogen-bond donors (Lipinski definition) is 2. The highest BCUT2D eigenvalue weighted by atomic mass is 32.1. The van der Waals surface area contributed by atoms with Gasteiger partial charge in [0.25, 0.3) is 0 Å². The van der Waals surface area contributed by atoms with E-state index in [1.54, 1.807) is 0 Å². The second-order valence-electron chi connectivity index (χ2n) is 7.32. The van der Waals surface area contributed by atoms with Crippen LogP contribution < -0.4 is 5.32 Å². The minimum atomic E-state index is -1.00. The predicted molar refractivity (Wildman–Crippen MR) is 112 cm³/mol. The Morgan fingerprint density at radius 3 is 2.34 bits per heavy atom. The number of benzene rings is 2. The average molecular weight is 405 g/mol. The van der Waals surface area contributed by atoms with Crippen LogP contribution in [0.5, 0.6) is 0 Å². The van der Waals surface area contributed by atoms with Crippen LogP contribution in [0.1, 0.15) is 44.3 Å². The van der Waals surface area contributed by atoms with Crippen molar-refractivity contribution < 1.29 is 19.4 Å². The zero-order valence-electron chi connectivity index (χ0n) is 15.6. The summed E-state index contributed by atoms with van der Waals surface area (Å²) in [5, 5.41) is 12.6. The molecule has 0 saturated carbocycles. The van der Waals surface area contributed by atoms with Gasteiger partial charge in [0, 0.05) is 10.8 Å². The van der Waals surface area contributed by atoms with Crippen LogP contribution in [0.2, 0.25) is 0 Å². The lowest BCUT2D eigenvalue weighted by Gasteiger charge is -2.14. The van der Waals surface area contributed by atoms with Crippen LogP contribution in [0, 0.1) is 0 Å². The molecule has 0 saturated heterocycles.